The van der Waals surface area contributed by atoms with Crippen LogP contribution in [0.4, 0.5) is 0 Å². The maximum absolute atomic E-state index is 14.0. The third-order valence-corrected chi connectivity index (χ3v) is 14.2. The molecule has 0 aliphatic carbocycles. The number of nitrogens with two attached hydrogens (primary N) is 1. The summed E-state index contributed by atoms with van der Waals surface area (Å²) in [6.45, 7) is 13.1. The summed E-state index contributed by atoms with van der Waals surface area (Å²) < 4.78 is 1.88. The van der Waals surface area contributed by atoms with Crippen LogP contribution in [-0.4, -0.2) is 133 Å². The molecule has 2 fully saturated rings. The Hall–Kier alpha value is -5.87. The van der Waals surface area contributed by atoms with E-state index in [1.165, 1.54) is 18.7 Å². The van der Waals surface area contributed by atoms with E-state index < -0.39 is 102 Å². The Morgan fingerprint density at radius 3 is 2.34 bits per heavy atom. The molecule has 360 valence electrons. The number of aliphatic imine (C=N–C) groups is 1. The van der Waals surface area contributed by atoms with Crippen molar-refractivity contribution >= 4 is 87.7 Å². The van der Waals surface area contributed by atoms with Crippen molar-refractivity contribution in [2.24, 2.45) is 16.1 Å². The van der Waals surface area contributed by atoms with Crippen molar-refractivity contribution in [1.82, 2.24) is 51.6 Å². The fourth-order valence-electron chi connectivity index (χ4n) is 7.94. The van der Waals surface area contributed by atoms with Gasteiger partial charge >= 0.3 is 0 Å². The van der Waals surface area contributed by atoms with E-state index in [1.807, 2.05) is 30.5 Å². The molecule has 8 amide bonds. The summed E-state index contributed by atoms with van der Waals surface area (Å²) in [6, 6.07) is 1.51. The second-order valence-corrected chi connectivity index (χ2v) is 21.0. The van der Waals surface area contributed by atoms with E-state index in [2.05, 4.69) is 42.1 Å². The number of thiophene rings is 1. The molecule has 2 saturated heterocycles. The average Bonchev–Trinajstić information content (AvgIpc) is 3.95. The van der Waals surface area contributed by atoms with Gasteiger partial charge < -0.3 is 42.5 Å². The zero-order valence-corrected chi connectivity index (χ0v) is 41.0. The van der Waals surface area contributed by atoms with E-state index in [1.54, 1.807) is 51.2 Å². The number of hydrogen-bond donors (Lipinski definition) is 7. The van der Waals surface area contributed by atoms with Gasteiger partial charge in [0.25, 0.3) is 0 Å². The van der Waals surface area contributed by atoms with Crippen molar-refractivity contribution in [3.8, 4) is 5.00 Å². The van der Waals surface area contributed by atoms with Crippen LogP contribution in [-0.2, 0) is 38.4 Å². The first-order valence-corrected chi connectivity index (χ1v) is 24.1. The summed E-state index contributed by atoms with van der Waals surface area (Å²) >= 11 is 8.77. The van der Waals surface area contributed by atoms with E-state index in [4.69, 9.17) is 22.3 Å². The Labute approximate surface area is 401 Å². The van der Waals surface area contributed by atoms with E-state index in [9.17, 15) is 38.4 Å². The lowest BCUT2D eigenvalue weighted by molar-refractivity contribution is -0.144. The smallest absolute Gasteiger partial charge is 0.246 e. The van der Waals surface area contributed by atoms with Gasteiger partial charge in [0, 0.05) is 39.9 Å². The highest BCUT2D eigenvalue weighted by Crippen LogP contribution is 2.39. The fraction of sp³-hybridized carbons (Fsp3) is 0.523. The molecule has 0 unspecified atom stereocenters. The Kier molecular flexibility index (Phi) is 15.5. The molecule has 20 nitrogen and oxygen atoms in total. The molecule has 67 heavy (non-hydrogen) atoms. The van der Waals surface area contributed by atoms with Crippen molar-refractivity contribution in [2.75, 3.05) is 31.1 Å². The predicted octanol–water partition coefficient (Wildman–Crippen LogP) is 1.04. The minimum absolute atomic E-state index is 0.171. The third-order valence-electron chi connectivity index (χ3n) is 11.7. The summed E-state index contributed by atoms with van der Waals surface area (Å²) in [5.74, 6) is -5.04. The van der Waals surface area contributed by atoms with Gasteiger partial charge in [-0.05, 0) is 70.6 Å². The number of rotatable bonds is 6. The standard InChI is InChI=1S/C44H57ClN12O8S2/c1-21-22(2)67-41-33(21)34(24-11-13-25(45)14-12-24)50-26(37-55-54-23(3)57(37)41)16-30(58)47-17-27-38(62)51-28(36(46)61)19-66-20-32(60)52-35(43(4,5)6)40(64)56-15-9-10-29(56)39(63)53-44(7,8)42(65)48-18-31(59)49-27/h11-14,26-29,35H,9-10,15-20H2,1-8H3,(H2,46,61)(H,47,58)(H,48,65)(H,49,59)(H,51,62)(H,52,60)(H,53,63)/t26-,27+,28+,29-,35+/m0/s1. The van der Waals surface area contributed by atoms with Crippen LogP contribution in [0.3, 0.4) is 0 Å². The Morgan fingerprint density at radius 2 is 1.67 bits per heavy atom. The number of fused-ring (bicyclic) bond motifs is 4. The maximum Gasteiger partial charge on any atom is 0.246 e. The molecule has 23 heteroatoms. The van der Waals surface area contributed by atoms with Gasteiger partial charge in [0.1, 0.15) is 46.6 Å². The van der Waals surface area contributed by atoms with Crippen molar-refractivity contribution in [1.29, 1.82) is 0 Å². The number of primary amides is 1. The number of aryl methyl sites for hydroxylation is 2. The number of amides is 8. The molecular weight excluding hydrogens is 924 g/mol. The van der Waals surface area contributed by atoms with Crippen molar-refractivity contribution in [3.63, 3.8) is 0 Å². The number of carbonyl (C=O) groups is 8. The Balaban J connectivity index is 1.24. The van der Waals surface area contributed by atoms with Crippen LogP contribution in [0, 0.1) is 26.2 Å². The van der Waals surface area contributed by atoms with Gasteiger partial charge in [-0.3, -0.25) is 47.9 Å². The van der Waals surface area contributed by atoms with Gasteiger partial charge in [0.15, 0.2) is 5.82 Å². The molecule has 5 heterocycles. The summed E-state index contributed by atoms with van der Waals surface area (Å²) in [5.41, 5.74) is 6.59. The van der Waals surface area contributed by atoms with Crippen LogP contribution in [0.25, 0.3) is 5.00 Å². The third kappa shape index (κ3) is 11.6. The maximum atomic E-state index is 14.0. The number of nitrogens with zero attached hydrogens (tertiary/aromatic N) is 5. The van der Waals surface area contributed by atoms with E-state index in [-0.39, 0.29) is 24.5 Å². The number of benzene rings is 1. The molecule has 3 aliphatic rings. The zero-order valence-electron chi connectivity index (χ0n) is 38.6. The molecule has 3 aliphatic heterocycles. The molecule has 8 N–H and O–H groups in total. The lowest BCUT2D eigenvalue weighted by Gasteiger charge is -2.36. The SMILES string of the molecule is Cc1sc2c(c1C)C(c1ccc(Cl)cc1)=N[C@@H](CC(=O)NC[C@H]1NC(=O)CNC(=O)C(C)(C)NC(=O)[C@@H]3CCCN3C(=O)[C@H](C(C)(C)C)NC(=O)CSC[C@H](C(N)=O)NC1=O)c1nnc(C)n1-2. The molecule has 0 spiro atoms. The van der Waals surface area contributed by atoms with Crippen LogP contribution >= 0.6 is 34.7 Å². The first kappa shape index (κ1) is 50.5. The van der Waals surface area contributed by atoms with Crippen LogP contribution in [0.5, 0.6) is 0 Å². The second-order valence-electron chi connectivity index (χ2n) is 18.4. The number of carbonyl (C=O) groups excluding carboxylic acids is 8. The largest absolute Gasteiger partial charge is 0.368 e. The van der Waals surface area contributed by atoms with Crippen LogP contribution in [0.2, 0.25) is 5.02 Å². The van der Waals surface area contributed by atoms with Crippen molar-refractivity contribution < 1.29 is 38.4 Å². The van der Waals surface area contributed by atoms with Crippen molar-refractivity contribution in [3.05, 3.63) is 62.5 Å². The highest BCUT2D eigenvalue weighted by atomic mass is 35.5. The molecule has 6 rings (SSSR count). The molecule has 0 saturated carbocycles. The highest BCUT2D eigenvalue weighted by Gasteiger charge is 2.44. The van der Waals surface area contributed by atoms with E-state index in [0.717, 1.165) is 38.3 Å². The second kappa shape index (κ2) is 20.6. The van der Waals surface area contributed by atoms with Gasteiger partial charge in [-0.1, -0.05) is 44.5 Å². The molecule has 5 atom stereocenters. The minimum atomic E-state index is -1.57. The monoisotopic (exact) mass is 980 g/mol. The van der Waals surface area contributed by atoms with Crippen LogP contribution in [0.15, 0.2) is 29.3 Å². The molecular formula is C44H57ClN12O8S2. The Bertz CT molecular complexity index is 2500. The van der Waals surface area contributed by atoms with E-state index >= 15 is 0 Å². The van der Waals surface area contributed by atoms with Gasteiger partial charge in [0.2, 0.25) is 47.3 Å². The van der Waals surface area contributed by atoms with Gasteiger partial charge in [-0.2, -0.15) is 0 Å². The molecule has 2 aromatic heterocycles. The first-order chi connectivity index (χ1) is 31.5. The van der Waals surface area contributed by atoms with Gasteiger partial charge in [0.05, 0.1) is 24.4 Å². The minimum Gasteiger partial charge on any atom is -0.368 e. The topological polar surface area (TPSA) is 281 Å². The molecule has 0 radical (unpaired) electrons. The van der Waals surface area contributed by atoms with E-state index in [0.29, 0.717) is 35.2 Å². The summed E-state index contributed by atoms with van der Waals surface area (Å²) in [5, 5.41) is 25.8. The average molecular weight is 982 g/mol. The lowest BCUT2D eigenvalue weighted by Crippen LogP contribution is -2.62. The van der Waals surface area contributed by atoms with Gasteiger partial charge in [-0.25, -0.2) is 0 Å². The van der Waals surface area contributed by atoms with Crippen molar-refractivity contribution in [2.45, 2.75) is 110 Å². The van der Waals surface area contributed by atoms with Crippen LogP contribution < -0.4 is 37.6 Å². The number of aromatic nitrogens is 3. The predicted molar refractivity (Wildman–Crippen MR) is 253 cm³/mol. The number of halogens is 1. The Morgan fingerprint density at radius 1 is 0.970 bits per heavy atom. The molecule has 1 aromatic carbocycles. The summed E-state index contributed by atoms with van der Waals surface area (Å²) in [6.07, 6.45) is 0.571. The highest BCUT2D eigenvalue weighted by molar-refractivity contribution is 8.00. The quantitative estimate of drug-likeness (QED) is 0.183. The normalized spacial score (nSPS) is 23.4. The molecule has 0 bridgehead atoms. The number of nitrogens with one attached hydrogen (secondary N) is 6. The molecule has 3 aromatic rings. The first-order valence-electron chi connectivity index (χ1n) is 21.8. The zero-order chi connectivity index (χ0) is 49.1. The number of thioether (sulfide) groups is 1. The number of hydrogen-bond acceptors (Lipinski definition) is 13. The summed E-state index contributed by atoms with van der Waals surface area (Å²) in [4.78, 5) is 116. The summed E-state index contributed by atoms with van der Waals surface area (Å²) in [7, 11) is 0. The lowest BCUT2D eigenvalue weighted by atomic mass is 9.85. The van der Waals surface area contributed by atoms with Crippen LogP contribution in [0.1, 0.15) is 93.1 Å². The van der Waals surface area contributed by atoms with Gasteiger partial charge in [-0.15, -0.1) is 33.3 Å². The fourth-order valence-corrected chi connectivity index (χ4v) is 10.1.